The second kappa shape index (κ2) is 10.8. The smallest absolute Gasteiger partial charge is 0.303 e. The summed E-state index contributed by atoms with van der Waals surface area (Å²) in [5, 5.41) is 8.79. The van der Waals surface area contributed by atoms with Crippen LogP contribution in [0.3, 0.4) is 0 Å². The molecule has 0 atom stereocenters. The van der Waals surface area contributed by atoms with Gasteiger partial charge >= 0.3 is 5.97 Å². The number of carboxylic acids is 1. The lowest BCUT2D eigenvalue weighted by molar-refractivity contribution is -0.137. The number of ether oxygens (including phenoxy) is 1. The van der Waals surface area contributed by atoms with Crippen molar-refractivity contribution in [2.45, 2.75) is 45.6 Å². The molecule has 1 N–H and O–H groups in total. The Morgan fingerprint density at radius 3 is 2.79 bits per heavy atom. The average molecular weight is 394 g/mol. The van der Waals surface area contributed by atoms with E-state index in [4.69, 9.17) is 9.84 Å². The lowest BCUT2D eigenvalue weighted by Gasteiger charge is -2.20. The molecule has 0 radical (unpaired) electrons. The van der Waals surface area contributed by atoms with Crippen LogP contribution in [0.5, 0.6) is 5.75 Å². The summed E-state index contributed by atoms with van der Waals surface area (Å²) in [6.07, 6.45) is 8.23. The fourth-order valence-corrected chi connectivity index (χ4v) is 3.78. The van der Waals surface area contributed by atoms with Crippen LogP contribution in [0.15, 0.2) is 48.5 Å². The summed E-state index contributed by atoms with van der Waals surface area (Å²) in [6, 6.07) is 14.8. The van der Waals surface area contributed by atoms with Gasteiger partial charge in [0, 0.05) is 13.0 Å². The monoisotopic (exact) mass is 393 g/mol. The molecule has 0 saturated carbocycles. The summed E-state index contributed by atoms with van der Waals surface area (Å²) >= 11 is 0. The largest absolute Gasteiger partial charge is 0.489 e. The zero-order valence-corrected chi connectivity index (χ0v) is 17.3. The maximum atomic E-state index is 10.7. The van der Waals surface area contributed by atoms with Gasteiger partial charge in [0.25, 0.3) is 0 Å². The summed E-state index contributed by atoms with van der Waals surface area (Å²) < 4.78 is 6.09. The highest BCUT2D eigenvalue weighted by Gasteiger charge is 2.17. The van der Waals surface area contributed by atoms with E-state index in [-0.39, 0.29) is 6.42 Å². The van der Waals surface area contributed by atoms with Gasteiger partial charge in [-0.2, -0.15) is 0 Å². The highest BCUT2D eigenvalue weighted by molar-refractivity contribution is 5.66. The molecule has 2 aromatic rings. The topological polar surface area (TPSA) is 49.8 Å². The predicted octanol–water partition coefficient (Wildman–Crippen LogP) is 5.09. The molecule has 4 heteroatoms. The van der Waals surface area contributed by atoms with Crippen LogP contribution in [0.1, 0.15) is 47.9 Å². The Morgan fingerprint density at radius 2 is 2.00 bits per heavy atom. The van der Waals surface area contributed by atoms with Gasteiger partial charge < -0.3 is 9.84 Å². The van der Waals surface area contributed by atoms with Crippen molar-refractivity contribution in [3.05, 3.63) is 70.8 Å². The van der Waals surface area contributed by atoms with Crippen molar-refractivity contribution in [2.24, 2.45) is 0 Å². The SMILES string of the molecule is Cc1ccc(/C=C/COc2cccc3c2CCCN(CCCCC(=O)O)C3)cc1. The van der Waals surface area contributed by atoms with Gasteiger partial charge in [0.15, 0.2) is 0 Å². The number of aryl methyl sites for hydroxylation is 1. The molecule has 0 bridgehead atoms. The molecule has 0 spiro atoms. The van der Waals surface area contributed by atoms with E-state index in [1.165, 1.54) is 22.3 Å². The van der Waals surface area contributed by atoms with Gasteiger partial charge in [-0.25, -0.2) is 0 Å². The third-order valence-electron chi connectivity index (χ3n) is 5.36. The Kier molecular flexibility index (Phi) is 7.88. The number of fused-ring (bicyclic) bond motifs is 1. The summed E-state index contributed by atoms with van der Waals surface area (Å²) in [4.78, 5) is 13.1. The van der Waals surface area contributed by atoms with E-state index in [2.05, 4.69) is 66.4 Å². The maximum Gasteiger partial charge on any atom is 0.303 e. The standard InChI is InChI=1S/C25H31NO3/c1-20-12-14-21(15-13-20)7-6-18-29-24-10-4-8-22-19-26(17-5-9-23(22)24)16-3-2-11-25(27)28/h4,6-8,10,12-15H,2-3,5,9,11,16-19H2,1H3,(H,27,28)/b7-6+. The normalized spacial score (nSPS) is 14.5. The number of rotatable bonds is 9. The Balaban J connectivity index is 1.55. The number of carboxylic acid groups (broad SMARTS) is 1. The zero-order valence-electron chi connectivity index (χ0n) is 17.3. The Bertz CT molecular complexity index is 826. The molecule has 1 heterocycles. The lowest BCUT2D eigenvalue weighted by Crippen LogP contribution is -2.24. The second-order valence-corrected chi connectivity index (χ2v) is 7.75. The third-order valence-corrected chi connectivity index (χ3v) is 5.36. The quantitative estimate of drug-likeness (QED) is 0.603. The van der Waals surface area contributed by atoms with Crippen LogP contribution < -0.4 is 4.74 Å². The molecule has 0 unspecified atom stereocenters. The first-order chi connectivity index (χ1) is 14.1. The van der Waals surface area contributed by atoms with Crippen molar-refractivity contribution in [1.82, 2.24) is 4.90 Å². The summed E-state index contributed by atoms with van der Waals surface area (Å²) in [7, 11) is 0. The van der Waals surface area contributed by atoms with Crippen LogP contribution in [0.2, 0.25) is 0 Å². The fraction of sp³-hybridized carbons (Fsp3) is 0.400. The van der Waals surface area contributed by atoms with Gasteiger partial charge in [0.2, 0.25) is 0 Å². The molecule has 1 aliphatic rings. The van der Waals surface area contributed by atoms with Gasteiger partial charge in [-0.15, -0.1) is 0 Å². The predicted molar refractivity (Wildman–Crippen MR) is 117 cm³/mol. The molecule has 154 valence electrons. The first-order valence-corrected chi connectivity index (χ1v) is 10.5. The zero-order chi connectivity index (χ0) is 20.5. The van der Waals surface area contributed by atoms with Gasteiger partial charge in [0.05, 0.1) is 0 Å². The van der Waals surface area contributed by atoms with Crippen LogP contribution in [0.25, 0.3) is 6.08 Å². The molecule has 3 rings (SSSR count). The molecular weight excluding hydrogens is 362 g/mol. The molecule has 2 aromatic carbocycles. The van der Waals surface area contributed by atoms with E-state index in [9.17, 15) is 4.79 Å². The molecule has 1 aliphatic heterocycles. The van der Waals surface area contributed by atoms with E-state index in [1.54, 1.807) is 0 Å². The number of unbranched alkanes of at least 4 members (excludes halogenated alkanes) is 1. The first-order valence-electron chi connectivity index (χ1n) is 10.5. The second-order valence-electron chi connectivity index (χ2n) is 7.75. The van der Waals surface area contributed by atoms with Crippen molar-refractivity contribution in [3.63, 3.8) is 0 Å². The Hall–Kier alpha value is -2.59. The Labute approximate surface area is 173 Å². The van der Waals surface area contributed by atoms with E-state index < -0.39 is 5.97 Å². The minimum absolute atomic E-state index is 0.262. The van der Waals surface area contributed by atoms with Crippen molar-refractivity contribution in [3.8, 4) is 5.75 Å². The Morgan fingerprint density at radius 1 is 1.17 bits per heavy atom. The molecular formula is C25H31NO3. The van der Waals surface area contributed by atoms with Crippen LogP contribution in [0.4, 0.5) is 0 Å². The average Bonchev–Trinajstić information content (AvgIpc) is 2.92. The molecule has 0 saturated heterocycles. The van der Waals surface area contributed by atoms with E-state index in [0.29, 0.717) is 6.61 Å². The number of aliphatic carboxylic acids is 1. The minimum atomic E-state index is -0.704. The van der Waals surface area contributed by atoms with Crippen LogP contribution in [-0.4, -0.2) is 35.7 Å². The fourth-order valence-electron chi connectivity index (χ4n) is 3.78. The number of carbonyl (C=O) groups is 1. The van der Waals surface area contributed by atoms with Crippen molar-refractivity contribution >= 4 is 12.0 Å². The van der Waals surface area contributed by atoms with Gasteiger partial charge in [-0.3, -0.25) is 9.69 Å². The van der Waals surface area contributed by atoms with Crippen molar-refractivity contribution < 1.29 is 14.6 Å². The molecule has 0 aliphatic carbocycles. The van der Waals surface area contributed by atoms with Crippen molar-refractivity contribution in [2.75, 3.05) is 19.7 Å². The van der Waals surface area contributed by atoms with Crippen LogP contribution in [0, 0.1) is 6.92 Å². The molecule has 0 amide bonds. The number of hydrogen-bond acceptors (Lipinski definition) is 3. The van der Waals surface area contributed by atoms with Crippen LogP contribution in [-0.2, 0) is 17.8 Å². The number of nitrogens with zero attached hydrogens (tertiary/aromatic N) is 1. The molecule has 0 aromatic heterocycles. The number of hydrogen-bond donors (Lipinski definition) is 1. The summed E-state index contributed by atoms with van der Waals surface area (Å²) in [5.74, 6) is 0.285. The number of benzene rings is 2. The highest BCUT2D eigenvalue weighted by atomic mass is 16.5. The van der Waals surface area contributed by atoms with Crippen LogP contribution >= 0.6 is 0 Å². The third kappa shape index (κ3) is 6.75. The minimum Gasteiger partial charge on any atom is -0.489 e. The molecule has 4 nitrogen and oxygen atoms in total. The highest BCUT2D eigenvalue weighted by Crippen LogP contribution is 2.28. The summed E-state index contributed by atoms with van der Waals surface area (Å²) in [6.45, 7) is 5.57. The van der Waals surface area contributed by atoms with Gasteiger partial charge in [-0.05, 0) is 74.5 Å². The van der Waals surface area contributed by atoms with E-state index in [1.807, 2.05) is 0 Å². The van der Waals surface area contributed by atoms with Crippen molar-refractivity contribution in [1.29, 1.82) is 0 Å². The van der Waals surface area contributed by atoms with E-state index >= 15 is 0 Å². The lowest BCUT2D eigenvalue weighted by atomic mass is 10.0. The molecule has 29 heavy (non-hydrogen) atoms. The van der Waals surface area contributed by atoms with E-state index in [0.717, 1.165) is 51.1 Å². The van der Waals surface area contributed by atoms with Gasteiger partial charge in [0.1, 0.15) is 12.4 Å². The summed E-state index contributed by atoms with van der Waals surface area (Å²) in [5.41, 5.74) is 5.11. The molecule has 0 fully saturated rings. The first kappa shape index (κ1) is 21.1. The van der Waals surface area contributed by atoms with Gasteiger partial charge in [-0.1, -0.05) is 48.0 Å². The maximum absolute atomic E-state index is 10.7.